The lowest BCUT2D eigenvalue weighted by atomic mass is 10.1. The molecule has 1 aliphatic rings. The Morgan fingerprint density at radius 2 is 1.79 bits per heavy atom. The summed E-state index contributed by atoms with van der Waals surface area (Å²) >= 11 is 1.17. The van der Waals surface area contributed by atoms with Crippen LogP contribution in [0.2, 0.25) is 0 Å². The summed E-state index contributed by atoms with van der Waals surface area (Å²) in [7, 11) is -3.81. The van der Waals surface area contributed by atoms with E-state index in [0.717, 1.165) is 17.2 Å². The average molecular weight is 491 g/mol. The van der Waals surface area contributed by atoms with Gasteiger partial charge in [-0.15, -0.1) is 10.2 Å². The van der Waals surface area contributed by atoms with E-state index in [1.54, 1.807) is 4.90 Å². The number of nitrogens with zero attached hydrogens (tertiary/aromatic N) is 5. The number of thioether (sulfide) groups is 1. The number of carbonyl (C=O) groups is 1. The number of aryl methyl sites for hydroxylation is 1. The van der Waals surface area contributed by atoms with Gasteiger partial charge in [0, 0.05) is 31.7 Å². The molecule has 0 atom stereocenters. The van der Waals surface area contributed by atoms with Gasteiger partial charge in [0.25, 0.3) is 0 Å². The van der Waals surface area contributed by atoms with Crippen LogP contribution in [0.15, 0.2) is 58.6 Å². The predicted octanol–water partition coefficient (Wildman–Crippen LogP) is 1.73. The number of hydrogen-bond donors (Lipinski definition) is 1. The van der Waals surface area contributed by atoms with Crippen LogP contribution in [0.1, 0.15) is 5.56 Å². The van der Waals surface area contributed by atoms with Gasteiger partial charge in [-0.25, -0.2) is 17.5 Å². The van der Waals surface area contributed by atoms with Crippen molar-refractivity contribution in [2.24, 2.45) is 0 Å². The number of benzene rings is 2. The van der Waals surface area contributed by atoms with Crippen molar-refractivity contribution in [3.63, 3.8) is 0 Å². The Morgan fingerprint density at radius 3 is 2.45 bits per heavy atom. The largest absolute Gasteiger partial charge is 0.339 e. The molecule has 1 amide bonds. The van der Waals surface area contributed by atoms with Crippen LogP contribution in [-0.4, -0.2) is 70.3 Å². The van der Waals surface area contributed by atoms with E-state index >= 15 is 0 Å². The molecule has 0 aliphatic carbocycles. The maximum absolute atomic E-state index is 13.4. The number of halogens is 1. The first-order valence-corrected chi connectivity index (χ1v) is 12.6. The maximum Gasteiger partial charge on any atom is 0.243 e. The second kappa shape index (κ2) is 9.49. The van der Waals surface area contributed by atoms with Crippen molar-refractivity contribution in [2.75, 3.05) is 37.8 Å². The molecule has 4 rings (SSSR count). The molecule has 1 fully saturated rings. The molecule has 1 aliphatic heterocycles. The van der Waals surface area contributed by atoms with Gasteiger partial charge in [-0.3, -0.25) is 4.79 Å². The Bertz CT molecular complexity index is 1260. The minimum Gasteiger partial charge on any atom is -0.339 e. The van der Waals surface area contributed by atoms with E-state index in [0.29, 0.717) is 11.0 Å². The first-order valence-electron chi connectivity index (χ1n) is 10.2. The summed E-state index contributed by atoms with van der Waals surface area (Å²) in [4.78, 5) is 14.2. The number of hydrogen-bond acceptors (Lipinski definition) is 7. The van der Waals surface area contributed by atoms with Gasteiger partial charge in [0.2, 0.25) is 21.1 Å². The lowest BCUT2D eigenvalue weighted by molar-refractivity contribution is -0.129. The Labute approximate surface area is 195 Å². The normalized spacial score (nSPS) is 15.0. The quantitative estimate of drug-likeness (QED) is 0.413. The molecule has 174 valence electrons. The topological polar surface area (TPSA) is 114 Å². The molecule has 1 aromatic heterocycles. The van der Waals surface area contributed by atoms with Gasteiger partial charge >= 0.3 is 0 Å². The second-order valence-corrected chi connectivity index (χ2v) is 10.5. The van der Waals surface area contributed by atoms with E-state index in [1.165, 1.54) is 38.9 Å². The van der Waals surface area contributed by atoms with E-state index in [-0.39, 0.29) is 42.7 Å². The van der Waals surface area contributed by atoms with Gasteiger partial charge < -0.3 is 10.7 Å². The number of nitrogen functional groups attached to an aromatic ring is 1. The third-order valence-electron chi connectivity index (χ3n) is 5.32. The van der Waals surface area contributed by atoms with Crippen molar-refractivity contribution < 1.29 is 17.6 Å². The van der Waals surface area contributed by atoms with Crippen LogP contribution in [0.5, 0.6) is 0 Å². The zero-order valence-corrected chi connectivity index (χ0v) is 19.5. The van der Waals surface area contributed by atoms with Gasteiger partial charge in [-0.2, -0.15) is 4.31 Å². The highest BCUT2D eigenvalue weighted by molar-refractivity contribution is 7.99. The molecule has 0 radical (unpaired) electrons. The smallest absolute Gasteiger partial charge is 0.243 e. The number of aromatic nitrogens is 3. The van der Waals surface area contributed by atoms with Crippen LogP contribution < -0.4 is 5.84 Å². The molecule has 12 heteroatoms. The number of amides is 1. The SMILES string of the molecule is Cc1ccc(-c2nnc(SCC(=O)N3CCN(S(=O)(=O)c4cccc(F)c4)CC3)n2N)cc1. The molecule has 33 heavy (non-hydrogen) atoms. The van der Waals surface area contributed by atoms with Crippen LogP contribution in [0.25, 0.3) is 11.4 Å². The van der Waals surface area contributed by atoms with E-state index < -0.39 is 15.8 Å². The number of rotatable bonds is 6. The number of sulfonamides is 1. The fraction of sp³-hybridized carbons (Fsp3) is 0.286. The third kappa shape index (κ3) is 5.02. The summed E-state index contributed by atoms with van der Waals surface area (Å²) in [6.45, 7) is 2.76. The number of piperazine rings is 1. The highest BCUT2D eigenvalue weighted by atomic mass is 32.2. The third-order valence-corrected chi connectivity index (χ3v) is 8.15. The van der Waals surface area contributed by atoms with Crippen molar-refractivity contribution >= 4 is 27.7 Å². The molecule has 0 bridgehead atoms. The van der Waals surface area contributed by atoms with Crippen LogP contribution >= 0.6 is 11.8 Å². The second-order valence-electron chi connectivity index (χ2n) is 7.57. The molecular formula is C21H23FN6O3S2. The summed E-state index contributed by atoms with van der Waals surface area (Å²) in [6.07, 6.45) is 0. The predicted molar refractivity (Wildman–Crippen MR) is 123 cm³/mol. The van der Waals surface area contributed by atoms with Crippen molar-refractivity contribution in [1.29, 1.82) is 0 Å². The molecule has 2 heterocycles. The zero-order valence-electron chi connectivity index (χ0n) is 17.9. The molecule has 2 N–H and O–H groups in total. The molecule has 0 spiro atoms. The van der Waals surface area contributed by atoms with E-state index in [1.807, 2.05) is 31.2 Å². The monoisotopic (exact) mass is 490 g/mol. The maximum atomic E-state index is 13.4. The number of nitrogens with two attached hydrogens (primary N) is 1. The van der Waals surface area contributed by atoms with E-state index in [4.69, 9.17) is 5.84 Å². The minimum atomic E-state index is -3.81. The molecule has 1 saturated heterocycles. The summed E-state index contributed by atoms with van der Waals surface area (Å²) in [6, 6.07) is 12.6. The molecule has 0 unspecified atom stereocenters. The molecule has 2 aromatic carbocycles. The van der Waals surface area contributed by atoms with E-state index in [9.17, 15) is 17.6 Å². The van der Waals surface area contributed by atoms with Crippen LogP contribution in [0.4, 0.5) is 4.39 Å². The van der Waals surface area contributed by atoms with Gasteiger partial charge in [-0.1, -0.05) is 47.7 Å². The minimum absolute atomic E-state index is 0.0931. The fourth-order valence-electron chi connectivity index (χ4n) is 3.45. The summed E-state index contributed by atoms with van der Waals surface area (Å²) in [5, 5.41) is 8.61. The van der Waals surface area contributed by atoms with Gasteiger partial charge in [0.05, 0.1) is 10.6 Å². The average Bonchev–Trinajstić information content (AvgIpc) is 3.18. The number of carbonyl (C=O) groups excluding carboxylic acids is 1. The Balaban J connectivity index is 1.33. The van der Waals surface area contributed by atoms with E-state index in [2.05, 4.69) is 10.2 Å². The Hall–Kier alpha value is -2.96. The van der Waals surface area contributed by atoms with Crippen LogP contribution in [-0.2, 0) is 14.8 Å². The van der Waals surface area contributed by atoms with Crippen molar-refractivity contribution in [2.45, 2.75) is 17.0 Å². The molecule has 9 nitrogen and oxygen atoms in total. The first-order chi connectivity index (χ1) is 15.8. The summed E-state index contributed by atoms with van der Waals surface area (Å²) < 4.78 is 41.5. The lowest BCUT2D eigenvalue weighted by Crippen LogP contribution is -2.51. The zero-order chi connectivity index (χ0) is 23.6. The molecular weight excluding hydrogens is 467 g/mol. The van der Waals surface area contributed by atoms with Gasteiger partial charge in [0.15, 0.2) is 5.82 Å². The van der Waals surface area contributed by atoms with Crippen molar-refractivity contribution in [3.8, 4) is 11.4 Å². The summed E-state index contributed by atoms with van der Waals surface area (Å²) in [5.74, 6) is 5.95. The Morgan fingerprint density at radius 1 is 1.09 bits per heavy atom. The van der Waals surface area contributed by atoms with Crippen molar-refractivity contribution in [1.82, 2.24) is 24.1 Å². The van der Waals surface area contributed by atoms with Crippen molar-refractivity contribution in [3.05, 3.63) is 59.9 Å². The molecule has 3 aromatic rings. The molecule has 0 saturated carbocycles. The van der Waals surface area contributed by atoms with Gasteiger partial charge in [-0.05, 0) is 25.1 Å². The lowest BCUT2D eigenvalue weighted by Gasteiger charge is -2.34. The summed E-state index contributed by atoms with van der Waals surface area (Å²) in [5.41, 5.74) is 1.94. The Kier molecular flexibility index (Phi) is 6.68. The van der Waals surface area contributed by atoms with Crippen LogP contribution in [0.3, 0.4) is 0 Å². The van der Waals surface area contributed by atoms with Crippen LogP contribution in [0, 0.1) is 12.7 Å². The first kappa shape index (κ1) is 23.2. The fourth-order valence-corrected chi connectivity index (χ4v) is 5.66. The highest BCUT2D eigenvalue weighted by Gasteiger charge is 2.30. The van der Waals surface area contributed by atoms with Gasteiger partial charge in [0.1, 0.15) is 5.82 Å². The standard InChI is InChI=1S/C21H23FN6O3S2/c1-15-5-7-16(8-6-15)20-24-25-21(28(20)23)32-14-19(29)26-9-11-27(12-10-26)33(30,31)18-4-2-3-17(22)13-18/h2-8,13H,9-12,14,23H2,1H3. The highest BCUT2D eigenvalue weighted by Crippen LogP contribution is 2.23.